The van der Waals surface area contributed by atoms with Crippen LogP contribution in [0, 0.1) is 0 Å². The molecule has 2 aromatic carbocycles. The molecule has 0 spiro atoms. The van der Waals surface area contributed by atoms with E-state index in [4.69, 9.17) is 0 Å². The standard InChI is InChI=1S/C18H19NO2/c20-17(13-16-9-5-2-6-10-16)14-19-18(21)12-11-15-7-3-1-4-8-15/h1-12,17,20H,13-14H2,(H,19,21)/b12-11+/t17-/m0/s1. The molecular formula is C18H19NO2. The van der Waals surface area contributed by atoms with Gasteiger partial charge in [-0.3, -0.25) is 4.79 Å². The maximum Gasteiger partial charge on any atom is 0.244 e. The van der Waals surface area contributed by atoms with Crippen LogP contribution >= 0.6 is 0 Å². The van der Waals surface area contributed by atoms with Crippen LogP contribution in [-0.2, 0) is 11.2 Å². The Morgan fingerprint density at radius 1 is 1.05 bits per heavy atom. The van der Waals surface area contributed by atoms with Gasteiger partial charge in [-0.1, -0.05) is 60.7 Å². The van der Waals surface area contributed by atoms with Gasteiger partial charge in [-0.05, 0) is 17.2 Å². The number of carbonyl (C=O) groups is 1. The Morgan fingerprint density at radius 2 is 1.67 bits per heavy atom. The summed E-state index contributed by atoms with van der Waals surface area (Å²) in [5.41, 5.74) is 2.02. The fraction of sp³-hybridized carbons (Fsp3) is 0.167. The minimum Gasteiger partial charge on any atom is -0.391 e. The van der Waals surface area contributed by atoms with Crippen LogP contribution in [0.15, 0.2) is 66.7 Å². The van der Waals surface area contributed by atoms with Crippen molar-refractivity contribution >= 4 is 12.0 Å². The molecule has 0 fully saturated rings. The van der Waals surface area contributed by atoms with Gasteiger partial charge in [0.05, 0.1) is 6.10 Å². The summed E-state index contributed by atoms with van der Waals surface area (Å²) in [6.45, 7) is 0.243. The first-order valence-electron chi connectivity index (χ1n) is 6.97. The topological polar surface area (TPSA) is 49.3 Å². The summed E-state index contributed by atoms with van der Waals surface area (Å²) in [6, 6.07) is 19.3. The normalized spacial score (nSPS) is 12.2. The molecule has 0 unspecified atom stereocenters. The van der Waals surface area contributed by atoms with Crippen molar-refractivity contribution in [3.8, 4) is 0 Å². The second-order valence-electron chi connectivity index (χ2n) is 4.83. The molecular weight excluding hydrogens is 262 g/mol. The molecule has 0 radical (unpaired) electrons. The number of rotatable bonds is 6. The molecule has 2 aromatic rings. The zero-order valence-electron chi connectivity index (χ0n) is 11.8. The summed E-state index contributed by atoms with van der Waals surface area (Å²) in [4.78, 5) is 11.7. The zero-order chi connectivity index (χ0) is 14.9. The van der Waals surface area contributed by atoms with Crippen molar-refractivity contribution in [3.05, 3.63) is 77.9 Å². The molecule has 0 aliphatic rings. The minimum absolute atomic E-state index is 0.203. The molecule has 0 saturated carbocycles. The van der Waals surface area contributed by atoms with Crippen LogP contribution in [0.25, 0.3) is 6.08 Å². The first-order valence-corrected chi connectivity index (χ1v) is 6.97. The minimum atomic E-state index is -0.582. The number of hydrogen-bond donors (Lipinski definition) is 2. The Bertz CT molecular complexity index is 579. The zero-order valence-corrected chi connectivity index (χ0v) is 11.8. The van der Waals surface area contributed by atoms with Crippen LogP contribution in [0.4, 0.5) is 0 Å². The summed E-state index contributed by atoms with van der Waals surface area (Å²) >= 11 is 0. The van der Waals surface area contributed by atoms with Crippen molar-refractivity contribution in [3.63, 3.8) is 0 Å². The maximum atomic E-state index is 11.7. The molecule has 3 heteroatoms. The second-order valence-corrected chi connectivity index (χ2v) is 4.83. The highest BCUT2D eigenvalue weighted by atomic mass is 16.3. The lowest BCUT2D eigenvalue weighted by Gasteiger charge is -2.10. The summed E-state index contributed by atoms with van der Waals surface area (Å²) in [5, 5.41) is 12.6. The predicted octanol–water partition coefficient (Wildman–Crippen LogP) is 2.42. The van der Waals surface area contributed by atoms with Gasteiger partial charge in [0.2, 0.25) is 5.91 Å². The van der Waals surface area contributed by atoms with Gasteiger partial charge in [-0.2, -0.15) is 0 Å². The number of hydrogen-bond acceptors (Lipinski definition) is 2. The monoisotopic (exact) mass is 281 g/mol. The fourth-order valence-electron chi connectivity index (χ4n) is 1.97. The van der Waals surface area contributed by atoms with Crippen LogP contribution in [0.5, 0.6) is 0 Å². The summed E-state index contributed by atoms with van der Waals surface area (Å²) in [6.07, 6.45) is 3.17. The molecule has 0 heterocycles. The molecule has 0 saturated heterocycles. The molecule has 1 atom stereocenters. The molecule has 0 aliphatic carbocycles. The van der Waals surface area contributed by atoms with Crippen LogP contribution in [-0.4, -0.2) is 23.7 Å². The van der Waals surface area contributed by atoms with Crippen LogP contribution in [0.3, 0.4) is 0 Å². The quantitative estimate of drug-likeness (QED) is 0.799. The first-order chi connectivity index (χ1) is 10.2. The second kappa shape index (κ2) is 8.02. The van der Waals surface area contributed by atoms with Gasteiger partial charge in [-0.25, -0.2) is 0 Å². The lowest BCUT2D eigenvalue weighted by molar-refractivity contribution is -0.116. The lowest BCUT2D eigenvalue weighted by atomic mass is 10.1. The Kier molecular flexibility index (Phi) is 5.73. The van der Waals surface area contributed by atoms with E-state index in [1.165, 1.54) is 6.08 Å². The van der Waals surface area contributed by atoms with Crippen molar-refractivity contribution in [2.24, 2.45) is 0 Å². The number of amides is 1. The van der Waals surface area contributed by atoms with E-state index in [9.17, 15) is 9.90 Å². The Balaban J connectivity index is 1.75. The molecule has 21 heavy (non-hydrogen) atoms. The van der Waals surface area contributed by atoms with E-state index in [2.05, 4.69) is 5.32 Å². The summed E-state index contributed by atoms with van der Waals surface area (Å²) in [7, 11) is 0. The van der Waals surface area contributed by atoms with Gasteiger partial charge in [0.1, 0.15) is 0 Å². The van der Waals surface area contributed by atoms with E-state index >= 15 is 0 Å². The SMILES string of the molecule is O=C(/C=C/c1ccccc1)NC[C@@H](O)Cc1ccccc1. The van der Waals surface area contributed by atoms with Gasteiger partial charge in [-0.15, -0.1) is 0 Å². The van der Waals surface area contributed by atoms with Crippen LogP contribution in [0.2, 0.25) is 0 Å². The van der Waals surface area contributed by atoms with Crippen molar-refractivity contribution in [1.29, 1.82) is 0 Å². The fourth-order valence-corrected chi connectivity index (χ4v) is 1.97. The average Bonchev–Trinajstić information content (AvgIpc) is 2.53. The highest BCUT2D eigenvalue weighted by molar-refractivity contribution is 5.91. The third kappa shape index (κ3) is 5.63. The van der Waals surface area contributed by atoms with E-state index < -0.39 is 6.10 Å². The molecule has 0 aromatic heterocycles. The maximum absolute atomic E-state index is 11.7. The van der Waals surface area contributed by atoms with E-state index in [-0.39, 0.29) is 12.5 Å². The molecule has 3 nitrogen and oxygen atoms in total. The number of benzene rings is 2. The molecule has 1 amide bonds. The number of nitrogens with one attached hydrogen (secondary N) is 1. The van der Waals surface area contributed by atoms with Crippen molar-refractivity contribution in [2.45, 2.75) is 12.5 Å². The van der Waals surface area contributed by atoms with Gasteiger partial charge >= 0.3 is 0 Å². The van der Waals surface area contributed by atoms with E-state index in [1.807, 2.05) is 60.7 Å². The van der Waals surface area contributed by atoms with Crippen LogP contribution < -0.4 is 5.32 Å². The Morgan fingerprint density at radius 3 is 2.33 bits per heavy atom. The van der Waals surface area contributed by atoms with E-state index in [0.717, 1.165) is 11.1 Å². The number of carbonyl (C=O) groups excluding carboxylic acids is 1. The average molecular weight is 281 g/mol. The number of aliphatic hydroxyl groups excluding tert-OH is 1. The highest BCUT2D eigenvalue weighted by Gasteiger charge is 2.06. The van der Waals surface area contributed by atoms with E-state index in [0.29, 0.717) is 6.42 Å². The van der Waals surface area contributed by atoms with Crippen molar-refractivity contribution in [2.75, 3.05) is 6.54 Å². The summed E-state index contributed by atoms with van der Waals surface area (Å²) in [5.74, 6) is -0.203. The van der Waals surface area contributed by atoms with Gasteiger partial charge in [0.25, 0.3) is 0 Å². The largest absolute Gasteiger partial charge is 0.391 e. The summed E-state index contributed by atoms with van der Waals surface area (Å²) < 4.78 is 0. The highest BCUT2D eigenvalue weighted by Crippen LogP contribution is 2.03. The van der Waals surface area contributed by atoms with E-state index in [1.54, 1.807) is 6.08 Å². The molecule has 2 rings (SSSR count). The molecule has 2 N–H and O–H groups in total. The van der Waals surface area contributed by atoms with Crippen LogP contribution in [0.1, 0.15) is 11.1 Å². The van der Waals surface area contributed by atoms with Gasteiger partial charge in [0, 0.05) is 19.0 Å². The van der Waals surface area contributed by atoms with Gasteiger partial charge < -0.3 is 10.4 Å². The number of aliphatic hydroxyl groups is 1. The van der Waals surface area contributed by atoms with Crippen molar-refractivity contribution < 1.29 is 9.90 Å². The Hall–Kier alpha value is -2.39. The lowest BCUT2D eigenvalue weighted by Crippen LogP contribution is -2.32. The third-order valence-corrected chi connectivity index (χ3v) is 3.05. The molecule has 0 aliphatic heterocycles. The van der Waals surface area contributed by atoms with Gasteiger partial charge in [0.15, 0.2) is 0 Å². The first kappa shape index (κ1) is 15.0. The van der Waals surface area contributed by atoms with Crippen molar-refractivity contribution in [1.82, 2.24) is 5.32 Å². The smallest absolute Gasteiger partial charge is 0.244 e. The third-order valence-electron chi connectivity index (χ3n) is 3.05. The molecule has 108 valence electrons. The predicted molar refractivity (Wildman–Crippen MR) is 84.6 cm³/mol. The Labute approximate surface area is 124 Å². The molecule has 0 bridgehead atoms.